The lowest BCUT2D eigenvalue weighted by Crippen LogP contribution is -2.32. The van der Waals surface area contributed by atoms with Gasteiger partial charge in [-0.05, 0) is 35.9 Å². The number of hydrogen-bond donors (Lipinski definition) is 1. The van der Waals surface area contributed by atoms with Gasteiger partial charge in [0, 0.05) is 30.0 Å². The largest absolute Gasteiger partial charge is 0.439 e. The number of hydrogen-bond acceptors (Lipinski definition) is 5. The van der Waals surface area contributed by atoms with Crippen molar-refractivity contribution < 1.29 is 18.0 Å². The summed E-state index contributed by atoms with van der Waals surface area (Å²) < 4.78 is 33.7. The number of pyridine rings is 2. The second-order valence-electron chi connectivity index (χ2n) is 7.72. The summed E-state index contributed by atoms with van der Waals surface area (Å²) >= 11 is 0. The fourth-order valence-corrected chi connectivity index (χ4v) is 3.82. The predicted molar refractivity (Wildman–Crippen MR) is 119 cm³/mol. The van der Waals surface area contributed by atoms with E-state index in [1.54, 1.807) is 12.4 Å². The van der Waals surface area contributed by atoms with E-state index in [1.807, 2.05) is 18.2 Å². The molecule has 0 saturated heterocycles. The molecule has 1 aliphatic rings. The van der Waals surface area contributed by atoms with Crippen LogP contribution < -0.4 is 10.9 Å². The van der Waals surface area contributed by atoms with E-state index in [1.165, 1.54) is 29.0 Å². The summed E-state index contributed by atoms with van der Waals surface area (Å²) in [7, 11) is 0. The van der Waals surface area contributed by atoms with Crippen molar-refractivity contribution in [3.63, 3.8) is 0 Å². The van der Waals surface area contributed by atoms with Gasteiger partial charge in [0.1, 0.15) is 5.56 Å². The van der Waals surface area contributed by atoms with Crippen molar-refractivity contribution in [2.75, 3.05) is 0 Å². The van der Waals surface area contributed by atoms with Gasteiger partial charge in [0.2, 0.25) is 5.89 Å². The van der Waals surface area contributed by atoms with E-state index in [4.69, 9.17) is 4.42 Å². The van der Waals surface area contributed by atoms with Crippen molar-refractivity contribution in [2.24, 2.45) is 0 Å². The molecule has 0 radical (unpaired) electrons. The minimum absolute atomic E-state index is 0.00824. The molecule has 0 unspecified atom stereocenters. The first-order chi connectivity index (χ1) is 16.5. The second kappa shape index (κ2) is 8.86. The number of allylic oxidation sites excluding steroid dienone is 1. The Hall–Kier alpha value is -4.40. The van der Waals surface area contributed by atoms with Crippen LogP contribution in [0.2, 0.25) is 0 Å². The Balaban J connectivity index is 1.27. The molecule has 0 bridgehead atoms. The van der Waals surface area contributed by atoms with Crippen LogP contribution in [0.25, 0.3) is 5.57 Å². The van der Waals surface area contributed by atoms with Crippen molar-refractivity contribution in [1.82, 2.24) is 19.9 Å². The summed E-state index contributed by atoms with van der Waals surface area (Å²) in [6.07, 6.45) is 7.53. The van der Waals surface area contributed by atoms with E-state index >= 15 is 0 Å². The monoisotopic (exact) mass is 460 g/mol. The number of nitrogens with zero attached hydrogens (tertiary/aromatic N) is 3. The maximum atomic E-state index is 13.5. The van der Waals surface area contributed by atoms with Crippen LogP contribution in [0.15, 0.2) is 76.3 Å². The Morgan fingerprint density at radius 2 is 2.00 bits per heavy atom. The first-order valence-electron chi connectivity index (χ1n) is 10.5. The van der Waals surface area contributed by atoms with E-state index in [2.05, 4.69) is 15.3 Å². The molecule has 3 heterocycles. The van der Waals surface area contributed by atoms with E-state index in [0.717, 1.165) is 29.0 Å². The molecular weight excluding hydrogens is 442 g/mol. The average molecular weight is 460 g/mol. The number of amides is 1. The smallest absolute Gasteiger partial charge is 0.263 e. The number of halogens is 2. The van der Waals surface area contributed by atoms with E-state index in [0.29, 0.717) is 23.6 Å². The molecule has 34 heavy (non-hydrogen) atoms. The first-order valence-corrected chi connectivity index (χ1v) is 10.5. The number of carbonyl (C=O) groups excluding carboxylic acids is 1. The van der Waals surface area contributed by atoms with Crippen LogP contribution >= 0.6 is 0 Å². The van der Waals surface area contributed by atoms with Gasteiger partial charge in [-0.15, -0.1) is 0 Å². The maximum absolute atomic E-state index is 13.5. The Kier molecular flexibility index (Phi) is 5.59. The maximum Gasteiger partial charge on any atom is 0.263 e. The summed E-state index contributed by atoms with van der Waals surface area (Å²) in [6.45, 7) is -0.0186. The Bertz CT molecular complexity index is 1490. The van der Waals surface area contributed by atoms with Gasteiger partial charge in [-0.2, -0.15) is 0 Å². The highest BCUT2D eigenvalue weighted by Crippen LogP contribution is 2.31. The molecule has 1 N–H and O–H groups in total. The standard InChI is InChI=1S/C25H18F2N4O3/c26-19-7-5-15(11-20(19)27)14-31-10-2-4-18(25(31)33)24(32)30-13-23-29-12-22(34-23)17-6-8-21-16(17)3-1-9-28-21/h1-7,9-12H,8,13-14H2,(H,30,32). The zero-order chi connectivity index (χ0) is 23.7. The summed E-state index contributed by atoms with van der Waals surface area (Å²) in [5, 5.41) is 2.64. The van der Waals surface area contributed by atoms with Gasteiger partial charge in [0.15, 0.2) is 17.4 Å². The second-order valence-corrected chi connectivity index (χ2v) is 7.72. The third kappa shape index (κ3) is 4.15. The lowest BCUT2D eigenvalue weighted by atomic mass is 10.1. The third-order valence-electron chi connectivity index (χ3n) is 5.50. The van der Waals surface area contributed by atoms with Gasteiger partial charge in [0.25, 0.3) is 11.5 Å². The van der Waals surface area contributed by atoms with Gasteiger partial charge < -0.3 is 14.3 Å². The van der Waals surface area contributed by atoms with Gasteiger partial charge in [-0.1, -0.05) is 18.2 Å². The van der Waals surface area contributed by atoms with Crippen molar-refractivity contribution in [1.29, 1.82) is 0 Å². The van der Waals surface area contributed by atoms with Crippen LogP contribution in [-0.4, -0.2) is 20.4 Å². The van der Waals surface area contributed by atoms with Gasteiger partial charge in [-0.25, -0.2) is 13.8 Å². The van der Waals surface area contributed by atoms with E-state index < -0.39 is 23.1 Å². The van der Waals surface area contributed by atoms with Crippen LogP contribution in [0.1, 0.15) is 38.8 Å². The number of oxazole rings is 1. The average Bonchev–Trinajstić information content (AvgIpc) is 3.48. The number of nitrogens with one attached hydrogen (secondary N) is 1. The molecule has 3 aromatic heterocycles. The van der Waals surface area contributed by atoms with Crippen LogP contribution in [0.4, 0.5) is 8.78 Å². The van der Waals surface area contributed by atoms with Gasteiger partial charge in [-0.3, -0.25) is 14.6 Å². The van der Waals surface area contributed by atoms with Crippen LogP contribution in [0.3, 0.4) is 0 Å². The molecule has 5 rings (SSSR count). The minimum Gasteiger partial charge on any atom is -0.439 e. The fraction of sp³-hybridized carbons (Fsp3) is 0.120. The Morgan fingerprint density at radius 1 is 1.12 bits per heavy atom. The van der Waals surface area contributed by atoms with E-state index in [-0.39, 0.29) is 18.7 Å². The third-order valence-corrected chi connectivity index (χ3v) is 5.50. The highest BCUT2D eigenvalue weighted by Gasteiger charge is 2.20. The summed E-state index contributed by atoms with van der Waals surface area (Å²) in [4.78, 5) is 34.0. The zero-order valence-corrected chi connectivity index (χ0v) is 17.8. The molecule has 9 heteroatoms. The quantitative estimate of drug-likeness (QED) is 0.476. The van der Waals surface area contributed by atoms with Crippen molar-refractivity contribution >= 4 is 11.5 Å². The van der Waals surface area contributed by atoms with Crippen molar-refractivity contribution in [3.8, 4) is 0 Å². The number of fused-ring (bicyclic) bond motifs is 1. The van der Waals surface area contributed by atoms with Crippen LogP contribution in [0, 0.1) is 11.6 Å². The van der Waals surface area contributed by atoms with Crippen molar-refractivity contribution in [3.05, 3.63) is 123 Å². The normalized spacial score (nSPS) is 12.4. The number of carbonyl (C=O) groups is 1. The number of benzene rings is 1. The zero-order valence-electron chi connectivity index (χ0n) is 17.8. The molecule has 170 valence electrons. The molecule has 1 amide bonds. The van der Waals surface area contributed by atoms with Crippen molar-refractivity contribution in [2.45, 2.75) is 19.5 Å². The topological polar surface area (TPSA) is 90.0 Å². The molecule has 0 fully saturated rings. The Labute approximate surface area is 192 Å². The van der Waals surface area contributed by atoms with E-state index in [9.17, 15) is 18.4 Å². The fourth-order valence-electron chi connectivity index (χ4n) is 3.82. The molecule has 0 atom stereocenters. The van der Waals surface area contributed by atoms with Gasteiger partial charge >= 0.3 is 0 Å². The SMILES string of the molecule is O=C(NCc1ncc(C2=CCc3ncccc32)o1)c1cccn(Cc2ccc(F)c(F)c2)c1=O. The molecule has 0 spiro atoms. The minimum atomic E-state index is -1.00. The Morgan fingerprint density at radius 3 is 2.85 bits per heavy atom. The molecule has 0 saturated carbocycles. The highest BCUT2D eigenvalue weighted by molar-refractivity contribution is 5.93. The number of aromatic nitrogens is 3. The van der Waals surface area contributed by atoms with Gasteiger partial charge in [0.05, 0.1) is 25.0 Å². The summed E-state index contributed by atoms with van der Waals surface area (Å²) in [5.41, 5.74) is 2.60. The number of rotatable bonds is 6. The molecule has 4 aromatic rings. The predicted octanol–water partition coefficient (Wildman–Crippen LogP) is 3.48. The highest BCUT2D eigenvalue weighted by atomic mass is 19.2. The molecule has 7 nitrogen and oxygen atoms in total. The summed E-state index contributed by atoms with van der Waals surface area (Å²) in [5.74, 6) is -1.70. The molecule has 0 aliphatic heterocycles. The first kappa shape index (κ1) is 21.4. The summed E-state index contributed by atoms with van der Waals surface area (Å²) in [6, 6.07) is 10.1. The lowest BCUT2D eigenvalue weighted by molar-refractivity contribution is 0.0945. The molecule has 1 aliphatic carbocycles. The lowest BCUT2D eigenvalue weighted by Gasteiger charge is -2.09. The van der Waals surface area contributed by atoms with Crippen LogP contribution in [-0.2, 0) is 19.5 Å². The van der Waals surface area contributed by atoms with Crippen LogP contribution in [0.5, 0.6) is 0 Å². The molecule has 1 aromatic carbocycles. The molecular formula is C25H18F2N4O3.